The molecule has 5 nitrogen and oxygen atoms in total. The van der Waals surface area contributed by atoms with Gasteiger partial charge >= 0.3 is 0 Å². The maximum Gasteiger partial charge on any atom is 0.222 e. The Morgan fingerprint density at radius 1 is 1.20 bits per heavy atom. The van der Waals surface area contributed by atoms with Gasteiger partial charge in [-0.25, -0.2) is 4.39 Å². The quantitative estimate of drug-likeness (QED) is 0.790. The summed E-state index contributed by atoms with van der Waals surface area (Å²) in [6.45, 7) is 12.9. The number of carbonyl (C=O) groups is 1. The highest BCUT2D eigenvalue weighted by molar-refractivity contribution is 5.79. The molecule has 1 amide bonds. The number of hydrogen-bond acceptors (Lipinski definition) is 4. The molecule has 3 rings (SSSR count). The number of amides is 1. The van der Waals surface area contributed by atoms with Gasteiger partial charge in [0, 0.05) is 42.5 Å². The molecule has 1 saturated heterocycles. The van der Waals surface area contributed by atoms with Crippen LogP contribution in [0.15, 0.2) is 24.3 Å². The first-order valence-electron chi connectivity index (χ1n) is 10.6. The fourth-order valence-electron chi connectivity index (χ4n) is 4.04. The molecule has 0 spiro atoms. The van der Waals surface area contributed by atoms with Crippen molar-refractivity contribution in [2.24, 2.45) is 5.92 Å². The van der Waals surface area contributed by atoms with Crippen molar-refractivity contribution in [3.05, 3.63) is 47.0 Å². The smallest absolute Gasteiger partial charge is 0.222 e. The van der Waals surface area contributed by atoms with Gasteiger partial charge in [-0.3, -0.25) is 9.78 Å². The highest BCUT2D eigenvalue weighted by Crippen LogP contribution is 2.33. The van der Waals surface area contributed by atoms with Gasteiger partial charge in [0.05, 0.1) is 17.9 Å². The number of anilines is 1. The number of pyridine rings is 1. The average Bonchev–Trinajstić information content (AvgIpc) is 2.64. The summed E-state index contributed by atoms with van der Waals surface area (Å²) >= 11 is 0. The first kappa shape index (κ1) is 22.2. The second kappa shape index (κ2) is 9.13. The van der Waals surface area contributed by atoms with Crippen LogP contribution in [0.5, 0.6) is 0 Å². The number of rotatable bonds is 5. The summed E-state index contributed by atoms with van der Waals surface area (Å²) in [5.74, 6) is -0.544. The maximum atomic E-state index is 15.9. The van der Waals surface area contributed by atoms with Crippen molar-refractivity contribution in [3.63, 3.8) is 0 Å². The molecule has 1 aromatic heterocycles. The number of benzene rings is 1. The Bertz CT molecular complexity index is 899. The van der Waals surface area contributed by atoms with Crippen LogP contribution in [0.25, 0.3) is 11.1 Å². The van der Waals surface area contributed by atoms with Crippen molar-refractivity contribution in [1.82, 2.24) is 10.3 Å². The van der Waals surface area contributed by atoms with E-state index in [1.165, 1.54) is 0 Å². The molecule has 1 aromatic carbocycles. The highest BCUT2D eigenvalue weighted by Gasteiger charge is 2.26. The zero-order valence-corrected chi connectivity index (χ0v) is 18.8. The Balaban J connectivity index is 2.05. The fraction of sp³-hybridized carbons (Fsp3) is 0.500. The number of aryl methyl sites for hydroxylation is 2. The van der Waals surface area contributed by atoms with E-state index < -0.39 is 0 Å². The number of carbonyl (C=O) groups excluding carboxylic acids is 1. The zero-order valence-electron chi connectivity index (χ0n) is 18.8. The van der Waals surface area contributed by atoms with E-state index >= 15 is 4.39 Å². The lowest BCUT2D eigenvalue weighted by Gasteiger charge is -2.37. The molecule has 1 aliphatic heterocycles. The first-order valence-corrected chi connectivity index (χ1v) is 10.6. The van der Waals surface area contributed by atoms with Gasteiger partial charge in [0.1, 0.15) is 0 Å². The third-order valence-corrected chi connectivity index (χ3v) is 5.34. The minimum atomic E-state index is -0.287. The molecule has 0 saturated carbocycles. The number of morpholine rings is 1. The van der Waals surface area contributed by atoms with Crippen LogP contribution in [0, 0.1) is 25.6 Å². The largest absolute Gasteiger partial charge is 0.372 e. The summed E-state index contributed by atoms with van der Waals surface area (Å²) in [7, 11) is 0. The minimum Gasteiger partial charge on any atom is -0.372 e. The van der Waals surface area contributed by atoms with E-state index in [2.05, 4.69) is 10.3 Å². The van der Waals surface area contributed by atoms with Crippen LogP contribution in [0.4, 0.5) is 10.1 Å². The SMILES string of the molecule is Cc1cc(-c2ccc(N3C[C@@H](C)O[C@@H](C)C3)c(F)c2CNC(=O)C(C)C)cc(C)n1. The molecule has 0 radical (unpaired) electrons. The van der Waals surface area contributed by atoms with Gasteiger partial charge in [0.25, 0.3) is 0 Å². The molecule has 0 unspecified atom stereocenters. The van der Waals surface area contributed by atoms with E-state index in [0.29, 0.717) is 24.3 Å². The predicted octanol–water partition coefficient (Wildman–Crippen LogP) is 4.39. The van der Waals surface area contributed by atoms with Gasteiger partial charge < -0.3 is 15.0 Å². The molecule has 0 aliphatic carbocycles. The lowest BCUT2D eigenvalue weighted by molar-refractivity contribution is -0.124. The second-order valence-corrected chi connectivity index (χ2v) is 8.60. The third kappa shape index (κ3) is 4.98. The van der Waals surface area contributed by atoms with Gasteiger partial charge in [-0.2, -0.15) is 0 Å². The molecule has 2 heterocycles. The predicted molar refractivity (Wildman–Crippen MR) is 118 cm³/mol. The summed E-state index contributed by atoms with van der Waals surface area (Å²) in [6.07, 6.45) is 0.0600. The van der Waals surface area contributed by atoms with Gasteiger partial charge in [0.15, 0.2) is 5.82 Å². The summed E-state index contributed by atoms with van der Waals surface area (Å²) in [5.41, 5.74) is 4.49. The lowest BCUT2D eigenvalue weighted by Crippen LogP contribution is -2.46. The molecule has 30 heavy (non-hydrogen) atoms. The normalized spacial score (nSPS) is 19.3. The molecule has 0 bridgehead atoms. The minimum absolute atomic E-state index is 0.0300. The molecule has 6 heteroatoms. The topological polar surface area (TPSA) is 54.5 Å². The molecular formula is C24H32FN3O2. The van der Waals surface area contributed by atoms with E-state index in [1.54, 1.807) is 0 Å². The van der Waals surface area contributed by atoms with Gasteiger partial charge in [-0.15, -0.1) is 0 Å². The molecule has 1 N–H and O–H groups in total. The van der Waals surface area contributed by atoms with Crippen LogP contribution in [0.1, 0.15) is 44.6 Å². The van der Waals surface area contributed by atoms with Gasteiger partial charge in [-0.1, -0.05) is 19.9 Å². The molecule has 1 aliphatic rings. The number of hydrogen-bond donors (Lipinski definition) is 1. The molecule has 162 valence electrons. The van der Waals surface area contributed by atoms with Crippen molar-refractivity contribution in [1.29, 1.82) is 0 Å². The average molecular weight is 414 g/mol. The Kier molecular flexibility index (Phi) is 6.76. The lowest BCUT2D eigenvalue weighted by atomic mass is 9.96. The van der Waals surface area contributed by atoms with E-state index in [4.69, 9.17) is 4.74 Å². The Morgan fingerprint density at radius 3 is 2.37 bits per heavy atom. The Morgan fingerprint density at radius 2 is 1.80 bits per heavy atom. The van der Waals surface area contributed by atoms with Crippen molar-refractivity contribution < 1.29 is 13.9 Å². The summed E-state index contributed by atoms with van der Waals surface area (Å²) < 4.78 is 21.7. The zero-order chi connectivity index (χ0) is 22.0. The highest BCUT2D eigenvalue weighted by atomic mass is 19.1. The number of nitrogens with one attached hydrogen (secondary N) is 1. The second-order valence-electron chi connectivity index (χ2n) is 8.60. The maximum absolute atomic E-state index is 15.9. The van der Waals surface area contributed by atoms with Crippen molar-refractivity contribution in [3.8, 4) is 11.1 Å². The van der Waals surface area contributed by atoms with Crippen LogP contribution in [-0.2, 0) is 16.1 Å². The Labute approximate surface area is 178 Å². The first-order chi connectivity index (χ1) is 14.2. The number of aromatic nitrogens is 1. The number of nitrogens with zero attached hydrogens (tertiary/aromatic N) is 2. The molecular weight excluding hydrogens is 381 g/mol. The molecule has 2 aromatic rings. The van der Waals surface area contributed by atoms with Crippen LogP contribution in [0.2, 0.25) is 0 Å². The number of halogens is 1. The standard InChI is InChI=1S/C24H32FN3O2/c1-14(2)24(29)26-11-21-20(19-9-15(3)27-16(4)10-19)7-8-22(23(21)25)28-12-17(5)30-18(6)13-28/h7-10,14,17-18H,11-13H2,1-6H3,(H,26,29)/t17-,18+. The van der Waals surface area contributed by atoms with Crippen LogP contribution in [0.3, 0.4) is 0 Å². The van der Waals surface area contributed by atoms with E-state index in [-0.39, 0.29) is 36.4 Å². The van der Waals surface area contributed by atoms with Crippen LogP contribution >= 0.6 is 0 Å². The number of ether oxygens (including phenoxy) is 1. The summed E-state index contributed by atoms with van der Waals surface area (Å²) in [6, 6.07) is 7.70. The summed E-state index contributed by atoms with van der Waals surface area (Å²) in [5, 5.41) is 2.89. The fourth-order valence-corrected chi connectivity index (χ4v) is 4.04. The Hall–Kier alpha value is -2.47. The van der Waals surface area contributed by atoms with Crippen LogP contribution < -0.4 is 10.2 Å². The van der Waals surface area contributed by atoms with Crippen molar-refractivity contribution >= 4 is 11.6 Å². The summed E-state index contributed by atoms with van der Waals surface area (Å²) in [4.78, 5) is 18.7. The van der Waals surface area contributed by atoms with E-state index in [0.717, 1.165) is 22.5 Å². The van der Waals surface area contributed by atoms with Crippen molar-refractivity contribution in [2.75, 3.05) is 18.0 Å². The van der Waals surface area contributed by atoms with E-state index in [9.17, 15) is 4.79 Å². The van der Waals surface area contributed by atoms with Crippen molar-refractivity contribution in [2.45, 2.75) is 60.3 Å². The van der Waals surface area contributed by atoms with E-state index in [1.807, 2.05) is 70.7 Å². The monoisotopic (exact) mass is 413 g/mol. The third-order valence-electron chi connectivity index (χ3n) is 5.34. The molecule has 2 atom stereocenters. The van der Waals surface area contributed by atoms with Gasteiger partial charge in [0.2, 0.25) is 5.91 Å². The van der Waals surface area contributed by atoms with Gasteiger partial charge in [-0.05, 0) is 57.0 Å². The molecule has 1 fully saturated rings. The van der Waals surface area contributed by atoms with Crippen LogP contribution in [-0.4, -0.2) is 36.2 Å².